The van der Waals surface area contributed by atoms with Gasteiger partial charge in [0, 0.05) is 5.39 Å². The lowest BCUT2D eigenvalue weighted by Gasteiger charge is -2.06. The number of halogens is 2. The Bertz CT molecular complexity index is 851. The number of carbonyl (C=O) groups excluding carboxylic acids is 1. The molecular formula is C13H8ClFN4OS. The summed E-state index contributed by atoms with van der Waals surface area (Å²) < 4.78 is 13.8. The van der Waals surface area contributed by atoms with Crippen molar-refractivity contribution in [2.75, 3.05) is 11.1 Å². The molecule has 0 saturated carbocycles. The van der Waals surface area contributed by atoms with E-state index in [1.54, 1.807) is 12.1 Å². The molecule has 21 heavy (non-hydrogen) atoms. The van der Waals surface area contributed by atoms with Gasteiger partial charge < -0.3 is 11.1 Å². The molecule has 3 aromatic rings. The molecule has 5 nitrogen and oxygen atoms in total. The second-order valence-corrected chi connectivity index (χ2v) is 5.56. The number of anilines is 2. The predicted molar refractivity (Wildman–Crippen MR) is 81.2 cm³/mol. The van der Waals surface area contributed by atoms with Crippen molar-refractivity contribution in [3.63, 3.8) is 0 Å². The highest BCUT2D eigenvalue weighted by molar-refractivity contribution is 7.21. The summed E-state index contributed by atoms with van der Waals surface area (Å²) in [4.78, 5) is 13.0. The van der Waals surface area contributed by atoms with Gasteiger partial charge in [0.05, 0.1) is 22.6 Å². The summed E-state index contributed by atoms with van der Waals surface area (Å²) in [5.74, 6) is -1.20. The van der Waals surface area contributed by atoms with Crippen LogP contribution in [0.2, 0.25) is 5.02 Å². The van der Waals surface area contributed by atoms with Crippen molar-refractivity contribution >= 4 is 50.4 Å². The zero-order valence-corrected chi connectivity index (χ0v) is 12.0. The van der Waals surface area contributed by atoms with Crippen LogP contribution in [-0.4, -0.2) is 16.1 Å². The van der Waals surface area contributed by atoms with E-state index < -0.39 is 11.7 Å². The van der Waals surface area contributed by atoms with Gasteiger partial charge in [-0.15, -0.1) is 16.4 Å². The van der Waals surface area contributed by atoms with Crippen molar-refractivity contribution in [2.24, 2.45) is 0 Å². The van der Waals surface area contributed by atoms with Crippen LogP contribution in [0.25, 0.3) is 10.2 Å². The topological polar surface area (TPSA) is 80.9 Å². The van der Waals surface area contributed by atoms with Crippen LogP contribution in [0.4, 0.5) is 15.8 Å². The molecule has 0 spiro atoms. The minimum Gasteiger partial charge on any atom is -0.397 e. The normalized spacial score (nSPS) is 10.8. The minimum atomic E-state index is -0.688. The Hall–Kier alpha value is -2.25. The van der Waals surface area contributed by atoms with E-state index in [1.807, 2.05) is 0 Å². The highest BCUT2D eigenvalue weighted by atomic mass is 35.5. The van der Waals surface area contributed by atoms with Gasteiger partial charge in [-0.25, -0.2) is 4.39 Å². The lowest BCUT2D eigenvalue weighted by Crippen LogP contribution is -2.13. The smallest absolute Gasteiger partial charge is 0.268 e. The molecule has 0 unspecified atom stereocenters. The first-order chi connectivity index (χ1) is 10.1. The van der Waals surface area contributed by atoms with Gasteiger partial charge >= 0.3 is 0 Å². The molecule has 0 atom stereocenters. The maximum atomic E-state index is 13.8. The van der Waals surface area contributed by atoms with Crippen LogP contribution < -0.4 is 11.1 Å². The Kier molecular flexibility index (Phi) is 3.44. The SMILES string of the molecule is Nc1c(C(=O)Nc2cccc(Cl)c2F)sc2nnccc12. The van der Waals surface area contributed by atoms with E-state index in [1.165, 1.54) is 18.3 Å². The fraction of sp³-hybridized carbons (Fsp3) is 0. The third-order valence-corrected chi connectivity index (χ3v) is 4.22. The number of thiophene rings is 1. The first-order valence-corrected chi connectivity index (χ1v) is 7.02. The summed E-state index contributed by atoms with van der Waals surface area (Å²) in [5, 5.41) is 10.7. The van der Waals surface area contributed by atoms with Gasteiger partial charge in [0.15, 0.2) is 5.82 Å². The van der Waals surface area contributed by atoms with Crippen molar-refractivity contribution in [3.05, 3.63) is 46.2 Å². The third-order valence-electron chi connectivity index (χ3n) is 2.83. The predicted octanol–water partition coefficient (Wildman–Crippen LogP) is 3.32. The Labute approximate surface area is 127 Å². The van der Waals surface area contributed by atoms with E-state index in [-0.39, 0.29) is 15.6 Å². The fourth-order valence-corrected chi connectivity index (χ4v) is 2.93. The molecule has 0 bridgehead atoms. The van der Waals surface area contributed by atoms with Gasteiger partial charge in [-0.05, 0) is 18.2 Å². The van der Waals surface area contributed by atoms with E-state index in [0.29, 0.717) is 15.9 Å². The molecule has 0 aliphatic rings. The highest BCUT2D eigenvalue weighted by Crippen LogP contribution is 2.32. The molecule has 8 heteroatoms. The third kappa shape index (κ3) is 2.41. The number of hydrogen-bond donors (Lipinski definition) is 2. The molecule has 0 aliphatic carbocycles. The summed E-state index contributed by atoms with van der Waals surface area (Å²) in [7, 11) is 0. The number of nitrogens with one attached hydrogen (secondary N) is 1. The summed E-state index contributed by atoms with van der Waals surface area (Å²) in [5.41, 5.74) is 6.22. The number of fused-ring (bicyclic) bond motifs is 1. The van der Waals surface area contributed by atoms with E-state index in [9.17, 15) is 9.18 Å². The number of nitrogens with two attached hydrogens (primary N) is 1. The van der Waals surface area contributed by atoms with Gasteiger partial charge in [0.2, 0.25) is 0 Å². The molecule has 2 aromatic heterocycles. The number of rotatable bonds is 2. The number of hydrogen-bond acceptors (Lipinski definition) is 5. The molecule has 0 radical (unpaired) electrons. The average molecular weight is 323 g/mol. The van der Waals surface area contributed by atoms with Crippen molar-refractivity contribution in [1.82, 2.24) is 10.2 Å². The van der Waals surface area contributed by atoms with Gasteiger partial charge in [-0.2, -0.15) is 5.10 Å². The van der Waals surface area contributed by atoms with E-state index >= 15 is 0 Å². The van der Waals surface area contributed by atoms with Crippen molar-refractivity contribution < 1.29 is 9.18 Å². The van der Waals surface area contributed by atoms with E-state index in [2.05, 4.69) is 15.5 Å². The second-order valence-electron chi connectivity index (χ2n) is 4.15. The number of aromatic nitrogens is 2. The maximum absolute atomic E-state index is 13.8. The molecular weight excluding hydrogens is 315 g/mol. The molecule has 1 amide bonds. The largest absolute Gasteiger partial charge is 0.397 e. The van der Waals surface area contributed by atoms with Crippen LogP contribution in [0.15, 0.2) is 30.5 Å². The molecule has 0 fully saturated rings. The minimum absolute atomic E-state index is 0.00422. The molecule has 0 aliphatic heterocycles. The Morgan fingerprint density at radius 2 is 2.19 bits per heavy atom. The fourth-order valence-electron chi connectivity index (χ4n) is 1.82. The lowest BCUT2D eigenvalue weighted by atomic mass is 10.2. The van der Waals surface area contributed by atoms with Crippen molar-refractivity contribution in [1.29, 1.82) is 0 Å². The molecule has 1 aromatic carbocycles. The molecule has 106 valence electrons. The summed E-state index contributed by atoms with van der Waals surface area (Å²) >= 11 is 6.77. The zero-order valence-electron chi connectivity index (χ0n) is 10.4. The quantitative estimate of drug-likeness (QED) is 0.758. The summed E-state index contributed by atoms with van der Waals surface area (Å²) in [6, 6.07) is 6.03. The Morgan fingerprint density at radius 1 is 1.38 bits per heavy atom. The van der Waals surface area contributed by atoms with E-state index in [4.69, 9.17) is 17.3 Å². The van der Waals surface area contributed by atoms with Crippen LogP contribution >= 0.6 is 22.9 Å². The van der Waals surface area contributed by atoms with Crippen LogP contribution in [-0.2, 0) is 0 Å². The molecule has 3 N–H and O–H groups in total. The first kappa shape index (κ1) is 13.7. The van der Waals surface area contributed by atoms with E-state index in [0.717, 1.165) is 11.3 Å². The van der Waals surface area contributed by atoms with Crippen LogP contribution in [0, 0.1) is 5.82 Å². The summed E-state index contributed by atoms with van der Waals surface area (Å²) in [6.07, 6.45) is 1.49. The summed E-state index contributed by atoms with van der Waals surface area (Å²) in [6.45, 7) is 0. The number of nitrogen functional groups attached to an aromatic ring is 1. The lowest BCUT2D eigenvalue weighted by molar-refractivity contribution is 0.103. The number of benzene rings is 1. The molecule has 3 rings (SSSR count). The van der Waals surface area contributed by atoms with Crippen LogP contribution in [0.3, 0.4) is 0 Å². The van der Waals surface area contributed by atoms with Crippen molar-refractivity contribution in [3.8, 4) is 0 Å². The number of nitrogens with zero attached hydrogens (tertiary/aromatic N) is 2. The maximum Gasteiger partial charge on any atom is 0.268 e. The van der Waals surface area contributed by atoms with Crippen molar-refractivity contribution in [2.45, 2.75) is 0 Å². The van der Waals surface area contributed by atoms with Gasteiger partial charge in [-0.1, -0.05) is 17.7 Å². The Morgan fingerprint density at radius 3 is 2.95 bits per heavy atom. The highest BCUT2D eigenvalue weighted by Gasteiger charge is 2.18. The Balaban J connectivity index is 1.97. The van der Waals surface area contributed by atoms with Gasteiger partial charge in [-0.3, -0.25) is 4.79 Å². The number of amides is 1. The zero-order chi connectivity index (χ0) is 15.0. The van der Waals surface area contributed by atoms with Gasteiger partial charge in [0.1, 0.15) is 9.71 Å². The molecule has 0 saturated heterocycles. The van der Waals surface area contributed by atoms with Crippen LogP contribution in [0.1, 0.15) is 9.67 Å². The molecule has 2 heterocycles. The van der Waals surface area contributed by atoms with Crippen LogP contribution in [0.5, 0.6) is 0 Å². The number of carbonyl (C=O) groups is 1. The first-order valence-electron chi connectivity index (χ1n) is 5.83. The monoisotopic (exact) mass is 322 g/mol. The van der Waals surface area contributed by atoms with Gasteiger partial charge in [0.25, 0.3) is 5.91 Å². The standard InChI is InChI=1S/C13H8ClFN4OS/c14-7-2-1-3-8(9(7)15)18-12(20)11-10(16)6-4-5-17-19-13(6)21-11/h1-5H,16H2,(H,18,20). The average Bonchev–Trinajstić information content (AvgIpc) is 2.82. The second kappa shape index (κ2) is 5.27.